The lowest BCUT2D eigenvalue weighted by Crippen LogP contribution is -2.62. The first-order chi connectivity index (χ1) is 13.5. The molecule has 0 radical (unpaired) electrons. The van der Waals surface area contributed by atoms with E-state index in [2.05, 4.69) is 13.8 Å². The van der Waals surface area contributed by atoms with Gasteiger partial charge in [0.15, 0.2) is 5.78 Å². The molecule has 7 heteroatoms. The molecule has 2 aliphatic rings. The third kappa shape index (κ3) is 6.89. The Hall–Kier alpha value is -1.79. The van der Waals surface area contributed by atoms with Crippen molar-refractivity contribution in [2.24, 2.45) is 10.9 Å². The Labute approximate surface area is 175 Å². The maximum absolute atomic E-state index is 13.0. The average molecular weight is 410 g/mol. The predicted octanol–water partition coefficient (Wildman–Crippen LogP) is 4.55. The highest BCUT2D eigenvalue weighted by Crippen LogP contribution is 2.26. The summed E-state index contributed by atoms with van der Waals surface area (Å²) in [6, 6.07) is -0.288. The van der Waals surface area contributed by atoms with Crippen LogP contribution in [0.1, 0.15) is 87.0 Å². The number of nitrogens with zero attached hydrogens (tertiary/aromatic N) is 3. The van der Waals surface area contributed by atoms with E-state index in [0.29, 0.717) is 12.4 Å². The predicted molar refractivity (Wildman–Crippen MR) is 114 cm³/mol. The Morgan fingerprint density at radius 1 is 1.14 bits per heavy atom. The van der Waals surface area contributed by atoms with Crippen LogP contribution < -0.4 is 0 Å². The second-order valence-electron chi connectivity index (χ2n) is 9.94. The second-order valence-corrected chi connectivity index (χ2v) is 9.94. The van der Waals surface area contributed by atoms with E-state index in [0.717, 1.165) is 25.7 Å². The first-order valence-electron chi connectivity index (χ1n) is 11.0. The van der Waals surface area contributed by atoms with Crippen LogP contribution >= 0.6 is 0 Å². The highest BCUT2D eigenvalue weighted by Gasteiger charge is 2.42. The van der Waals surface area contributed by atoms with E-state index >= 15 is 0 Å². The number of hydrogen-bond donors (Lipinski definition) is 0. The quantitative estimate of drug-likeness (QED) is 0.620. The molecular formula is C22H39N3O4. The van der Waals surface area contributed by atoms with Crippen LogP contribution in [-0.4, -0.2) is 58.1 Å². The third-order valence-corrected chi connectivity index (χ3v) is 5.19. The number of hydroxylamine groups is 2. The van der Waals surface area contributed by atoms with Crippen LogP contribution in [0.4, 0.5) is 4.79 Å². The van der Waals surface area contributed by atoms with Crippen molar-refractivity contribution in [1.82, 2.24) is 9.96 Å². The molecule has 0 aromatic carbocycles. The summed E-state index contributed by atoms with van der Waals surface area (Å²) in [5.41, 5.74) is -0.678. The highest BCUT2D eigenvalue weighted by molar-refractivity contribution is 5.97. The molecule has 1 heterocycles. The van der Waals surface area contributed by atoms with Crippen LogP contribution in [-0.2, 0) is 14.4 Å². The van der Waals surface area contributed by atoms with Crippen molar-refractivity contribution in [2.75, 3.05) is 6.54 Å². The zero-order chi connectivity index (χ0) is 21.8. The summed E-state index contributed by atoms with van der Waals surface area (Å²) >= 11 is 0. The molecule has 0 bridgehead atoms. The van der Waals surface area contributed by atoms with Crippen molar-refractivity contribution in [2.45, 2.75) is 111 Å². The van der Waals surface area contributed by atoms with Gasteiger partial charge in [-0.1, -0.05) is 33.1 Å². The number of carbonyl (C=O) groups is 2. The molecule has 1 saturated heterocycles. The third-order valence-electron chi connectivity index (χ3n) is 5.19. The van der Waals surface area contributed by atoms with E-state index in [1.807, 2.05) is 18.7 Å². The standard InChI is InChI=1S/C22H39N3O4/c1-15(2)13-18-19(26)14-24(16(3)4)20(23-17-11-9-8-10-12-17)25(18)29-21(27)28-22(5,6)7/h15-18H,8-14H2,1-7H3/t18-/m0/s1. The molecule has 0 aromatic rings. The normalized spacial score (nSPS) is 23.3. The molecule has 166 valence electrons. The van der Waals surface area contributed by atoms with E-state index in [-0.39, 0.29) is 30.3 Å². The molecule has 2 rings (SSSR count). The Bertz CT molecular complexity index is 604. The summed E-state index contributed by atoms with van der Waals surface area (Å²) in [5.74, 6) is 0.900. The smallest absolute Gasteiger partial charge is 0.427 e. The van der Waals surface area contributed by atoms with E-state index in [4.69, 9.17) is 14.6 Å². The maximum atomic E-state index is 13.0. The van der Waals surface area contributed by atoms with Crippen LogP contribution in [0.3, 0.4) is 0 Å². The highest BCUT2D eigenvalue weighted by atomic mass is 16.8. The van der Waals surface area contributed by atoms with E-state index < -0.39 is 17.8 Å². The van der Waals surface area contributed by atoms with E-state index in [1.54, 1.807) is 20.8 Å². The van der Waals surface area contributed by atoms with E-state index in [9.17, 15) is 9.59 Å². The second kappa shape index (κ2) is 9.81. The molecule has 0 amide bonds. The molecule has 0 unspecified atom stereocenters. The lowest BCUT2D eigenvalue weighted by atomic mass is 9.95. The number of guanidine groups is 1. The fourth-order valence-electron chi connectivity index (χ4n) is 3.79. The molecule has 0 spiro atoms. The largest absolute Gasteiger partial charge is 0.534 e. The molecule has 1 aliphatic carbocycles. The van der Waals surface area contributed by atoms with Gasteiger partial charge in [-0.2, -0.15) is 5.06 Å². The average Bonchev–Trinajstić information content (AvgIpc) is 2.59. The monoisotopic (exact) mass is 409 g/mol. The van der Waals surface area contributed by atoms with Crippen molar-refractivity contribution < 1.29 is 19.2 Å². The van der Waals surface area contributed by atoms with Crippen molar-refractivity contribution in [3.05, 3.63) is 0 Å². The maximum Gasteiger partial charge on any atom is 0.534 e. The van der Waals surface area contributed by atoms with Gasteiger partial charge in [0.05, 0.1) is 12.6 Å². The number of hydrogen-bond acceptors (Lipinski definition) is 5. The Kier molecular flexibility index (Phi) is 7.94. The summed E-state index contributed by atoms with van der Waals surface area (Å²) in [6.07, 6.45) is 5.39. The van der Waals surface area contributed by atoms with Gasteiger partial charge in [0, 0.05) is 6.04 Å². The van der Waals surface area contributed by atoms with Gasteiger partial charge >= 0.3 is 6.16 Å². The SMILES string of the molecule is CC(C)C[C@H]1C(=O)CN(C(C)C)C(=NC2CCCCC2)N1OC(=O)OC(C)(C)C. The summed E-state index contributed by atoms with van der Waals surface area (Å²) < 4.78 is 5.38. The lowest BCUT2D eigenvalue weighted by Gasteiger charge is -2.44. The summed E-state index contributed by atoms with van der Waals surface area (Å²) in [5, 5.41) is 1.44. The number of aliphatic imine (C=N–C) groups is 1. The topological polar surface area (TPSA) is 71.4 Å². The van der Waals surface area contributed by atoms with Crippen molar-refractivity contribution in [3.63, 3.8) is 0 Å². The minimum Gasteiger partial charge on any atom is -0.427 e. The molecule has 1 saturated carbocycles. The van der Waals surface area contributed by atoms with Crippen LogP contribution in [0, 0.1) is 5.92 Å². The van der Waals surface area contributed by atoms with Gasteiger partial charge in [0.25, 0.3) is 0 Å². The minimum atomic E-state index is -0.805. The van der Waals surface area contributed by atoms with Gasteiger partial charge in [0.2, 0.25) is 5.96 Å². The molecule has 7 nitrogen and oxygen atoms in total. The van der Waals surface area contributed by atoms with Crippen LogP contribution in [0.25, 0.3) is 0 Å². The van der Waals surface area contributed by atoms with Gasteiger partial charge in [-0.15, -0.1) is 0 Å². The molecule has 0 N–H and O–H groups in total. The van der Waals surface area contributed by atoms with Crippen molar-refractivity contribution in [3.8, 4) is 0 Å². The first kappa shape index (κ1) is 23.5. The van der Waals surface area contributed by atoms with Crippen LogP contribution in [0.5, 0.6) is 0 Å². The van der Waals surface area contributed by atoms with E-state index in [1.165, 1.54) is 11.5 Å². The molecule has 29 heavy (non-hydrogen) atoms. The molecule has 0 aromatic heterocycles. The Balaban J connectivity index is 2.39. The number of carbonyl (C=O) groups excluding carboxylic acids is 2. The Morgan fingerprint density at radius 2 is 1.76 bits per heavy atom. The van der Waals surface area contributed by atoms with Crippen molar-refractivity contribution in [1.29, 1.82) is 0 Å². The minimum absolute atomic E-state index is 0.0403. The lowest BCUT2D eigenvalue weighted by molar-refractivity contribution is -0.157. The molecular weight excluding hydrogens is 370 g/mol. The van der Waals surface area contributed by atoms with Gasteiger partial charge in [0.1, 0.15) is 11.6 Å². The molecule has 1 atom stereocenters. The first-order valence-corrected chi connectivity index (χ1v) is 11.0. The number of ketones is 1. The number of Topliss-reactive ketones (excluding diaryl/α,β-unsaturated/α-hetero) is 1. The number of rotatable bonds is 5. The summed E-state index contributed by atoms with van der Waals surface area (Å²) in [7, 11) is 0. The van der Waals surface area contributed by atoms with Gasteiger partial charge in [-0.05, 0) is 59.8 Å². The zero-order valence-corrected chi connectivity index (χ0v) is 19.2. The zero-order valence-electron chi connectivity index (χ0n) is 19.2. The fourth-order valence-corrected chi connectivity index (χ4v) is 3.79. The molecule has 2 fully saturated rings. The van der Waals surface area contributed by atoms with Crippen LogP contribution in [0.2, 0.25) is 0 Å². The number of ether oxygens (including phenoxy) is 1. The summed E-state index contributed by atoms with van der Waals surface area (Å²) in [4.78, 5) is 38.1. The summed E-state index contributed by atoms with van der Waals surface area (Å²) in [6.45, 7) is 13.8. The fraction of sp³-hybridized carbons (Fsp3) is 0.864. The Morgan fingerprint density at radius 3 is 2.28 bits per heavy atom. The van der Waals surface area contributed by atoms with Gasteiger partial charge in [-0.25, -0.2) is 9.79 Å². The van der Waals surface area contributed by atoms with Crippen molar-refractivity contribution >= 4 is 17.9 Å². The van der Waals surface area contributed by atoms with Gasteiger partial charge < -0.3 is 14.5 Å². The van der Waals surface area contributed by atoms with Gasteiger partial charge in [-0.3, -0.25) is 4.79 Å². The van der Waals surface area contributed by atoms with Crippen LogP contribution in [0.15, 0.2) is 4.99 Å². The molecule has 1 aliphatic heterocycles.